The van der Waals surface area contributed by atoms with E-state index in [4.69, 9.17) is 4.74 Å². The fraction of sp³-hybridized carbons (Fsp3) is 0.577. The van der Waals surface area contributed by atoms with Gasteiger partial charge in [0.05, 0.1) is 25.0 Å². The van der Waals surface area contributed by atoms with Crippen LogP contribution < -0.4 is 9.64 Å². The summed E-state index contributed by atoms with van der Waals surface area (Å²) in [5.74, 6) is -0.620. The lowest BCUT2D eigenvalue weighted by Gasteiger charge is -2.39. The van der Waals surface area contributed by atoms with Gasteiger partial charge in [-0.05, 0) is 31.0 Å². The van der Waals surface area contributed by atoms with Gasteiger partial charge in [0.25, 0.3) is 0 Å². The number of methoxy groups -OCH3 is 1. The molecule has 4 aliphatic rings. The van der Waals surface area contributed by atoms with Gasteiger partial charge in [0.2, 0.25) is 11.8 Å². The number of amides is 2. The van der Waals surface area contributed by atoms with Crippen LogP contribution in [0.3, 0.4) is 0 Å². The number of ether oxygens (including phenoxy) is 1. The number of imide groups is 1. The summed E-state index contributed by atoms with van der Waals surface area (Å²) in [6, 6.07) is 4.81. The van der Waals surface area contributed by atoms with Crippen molar-refractivity contribution in [3.8, 4) is 5.75 Å². The van der Waals surface area contributed by atoms with E-state index in [1.807, 2.05) is 56.0 Å². The van der Waals surface area contributed by atoms with Crippen molar-refractivity contribution >= 4 is 29.4 Å². The van der Waals surface area contributed by atoms with E-state index in [0.29, 0.717) is 0 Å². The lowest BCUT2D eigenvalue weighted by atomic mass is 9.79. The first-order valence-electron chi connectivity index (χ1n) is 11.8. The molecule has 1 aliphatic carbocycles. The third-order valence-electron chi connectivity index (χ3n) is 7.69. The highest BCUT2D eigenvalue weighted by atomic mass is 16.5. The first-order chi connectivity index (χ1) is 15.2. The number of Topliss-reactive ketones (excluding diaryl/α,β-unsaturated/α-hetero) is 1. The molecule has 0 aromatic heterocycles. The monoisotopic (exact) mass is 436 g/mol. The molecule has 4 atom stereocenters. The molecule has 0 spiro atoms. The van der Waals surface area contributed by atoms with Crippen molar-refractivity contribution in [3.63, 3.8) is 0 Å². The summed E-state index contributed by atoms with van der Waals surface area (Å²) >= 11 is 0. The van der Waals surface area contributed by atoms with Crippen molar-refractivity contribution in [3.05, 3.63) is 29.8 Å². The number of benzene rings is 1. The Labute approximate surface area is 189 Å². The molecule has 0 radical (unpaired) electrons. The van der Waals surface area contributed by atoms with Crippen LogP contribution in [0.5, 0.6) is 5.75 Å². The van der Waals surface area contributed by atoms with E-state index in [9.17, 15) is 14.4 Å². The fourth-order valence-electron chi connectivity index (χ4n) is 6.14. The average molecular weight is 437 g/mol. The Bertz CT molecular complexity index is 1000. The van der Waals surface area contributed by atoms with E-state index >= 15 is 0 Å². The lowest BCUT2D eigenvalue weighted by molar-refractivity contribution is -0.145. The second kappa shape index (κ2) is 7.46. The van der Waals surface area contributed by atoms with E-state index in [1.165, 1.54) is 0 Å². The number of hydrogen-bond donors (Lipinski definition) is 0. The van der Waals surface area contributed by atoms with Crippen molar-refractivity contribution in [1.29, 1.82) is 0 Å². The third kappa shape index (κ3) is 3.02. The van der Waals surface area contributed by atoms with Gasteiger partial charge < -0.3 is 9.64 Å². The molecule has 6 nitrogen and oxygen atoms in total. The Morgan fingerprint density at radius 2 is 1.72 bits per heavy atom. The standard InChI is InChI=1S/C26H32N2O4/c1-26(2,3)23(29)22-21-20(24(30)27(25(21)31)16-8-6-5-7-9-16)19-12-10-15-14-17(32-4)11-13-18(15)28(19)22/h10-14,16,19-22H,5-9H2,1-4H3. The number of carbonyl (C=O) groups is 3. The minimum Gasteiger partial charge on any atom is -0.497 e. The van der Waals surface area contributed by atoms with Crippen LogP contribution in [0.15, 0.2) is 24.3 Å². The van der Waals surface area contributed by atoms with Gasteiger partial charge in [-0.25, -0.2) is 0 Å². The van der Waals surface area contributed by atoms with Crippen LogP contribution in [-0.2, 0) is 14.4 Å². The summed E-state index contributed by atoms with van der Waals surface area (Å²) in [7, 11) is 1.63. The van der Waals surface area contributed by atoms with Gasteiger partial charge in [-0.15, -0.1) is 0 Å². The summed E-state index contributed by atoms with van der Waals surface area (Å²) in [5, 5.41) is 0. The largest absolute Gasteiger partial charge is 0.497 e. The molecule has 5 rings (SSSR count). The molecule has 3 aliphatic heterocycles. The quantitative estimate of drug-likeness (QED) is 0.674. The second-order valence-electron chi connectivity index (χ2n) is 10.6. The van der Waals surface area contributed by atoms with Crippen LogP contribution in [0.4, 0.5) is 5.69 Å². The van der Waals surface area contributed by atoms with Crippen molar-refractivity contribution in [2.24, 2.45) is 17.3 Å². The molecule has 2 saturated heterocycles. The fourth-order valence-corrected chi connectivity index (χ4v) is 6.14. The van der Waals surface area contributed by atoms with Crippen LogP contribution >= 0.6 is 0 Å². The number of carbonyl (C=O) groups excluding carboxylic acids is 3. The van der Waals surface area contributed by atoms with Crippen LogP contribution in [0, 0.1) is 17.3 Å². The lowest BCUT2D eigenvalue weighted by Crippen LogP contribution is -2.53. The molecule has 0 bridgehead atoms. The Balaban J connectivity index is 1.60. The summed E-state index contributed by atoms with van der Waals surface area (Å²) in [6.07, 6.45) is 9.01. The van der Waals surface area contributed by atoms with Gasteiger partial charge in [0.1, 0.15) is 11.8 Å². The molecule has 6 heteroatoms. The molecule has 2 amide bonds. The van der Waals surface area contributed by atoms with Gasteiger partial charge in [-0.2, -0.15) is 0 Å². The van der Waals surface area contributed by atoms with Gasteiger partial charge in [-0.3, -0.25) is 19.3 Å². The van der Waals surface area contributed by atoms with E-state index in [0.717, 1.165) is 49.1 Å². The molecule has 32 heavy (non-hydrogen) atoms. The summed E-state index contributed by atoms with van der Waals surface area (Å²) in [5.41, 5.74) is 1.20. The van der Waals surface area contributed by atoms with Gasteiger partial charge in [0.15, 0.2) is 5.78 Å². The molecule has 0 N–H and O–H groups in total. The van der Waals surface area contributed by atoms with Gasteiger partial charge in [0, 0.05) is 22.7 Å². The maximum absolute atomic E-state index is 13.8. The van der Waals surface area contributed by atoms with E-state index in [-0.39, 0.29) is 29.7 Å². The zero-order valence-corrected chi connectivity index (χ0v) is 19.3. The van der Waals surface area contributed by atoms with Crippen molar-refractivity contribution in [2.45, 2.75) is 71.0 Å². The second-order valence-corrected chi connectivity index (χ2v) is 10.6. The number of likely N-dealkylation sites (tertiary alicyclic amines) is 1. The minimum atomic E-state index is -0.646. The molecule has 1 saturated carbocycles. The van der Waals surface area contributed by atoms with E-state index in [1.54, 1.807) is 12.0 Å². The van der Waals surface area contributed by atoms with Crippen molar-refractivity contribution in [2.75, 3.05) is 12.0 Å². The highest BCUT2D eigenvalue weighted by molar-refractivity contribution is 6.12. The number of ketones is 1. The molecule has 3 fully saturated rings. The molecule has 3 heterocycles. The first kappa shape index (κ1) is 21.2. The topological polar surface area (TPSA) is 66.9 Å². The van der Waals surface area contributed by atoms with Gasteiger partial charge >= 0.3 is 0 Å². The Morgan fingerprint density at radius 3 is 2.38 bits per heavy atom. The Morgan fingerprint density at radius 1 is 1.03 bits per heavy atom. The third-order valence-corrected chi connectivity index (χ3v) is 7.69. The average Bonchev–Trinajstić information content (AvgIpc) is 3.25. The van der Waals surface area contributed by atoms with Crippen LogP contribution in [0.2, 0.25) is 0 Å². The van der Waals surface area contributed by atoms with Crippen LogP contribution in [0.25, 0.3) is 6.08 Å². The summed E-state index contributed by atoms with van der Waals surface area (Å²) in [6.45, 7) is 5.69. The van der Waals surface area contributed by atoms with Crippen molar-refractivity contribution < 1.29 is 19.1 Å². The number of fused-ring (bicyclic) bond motifs is 5. The highest BCUT2D eigenvalue weighted by Crippen LogP contribution is 2.51. The number of rotatable bonds is 3. The normalized spacial score (nSPS) is 29.8. The minimum absolute atomic E-state index is 0.0127. The zero-order valence-electron chi connectivity index (χ0n) is 19.3. The molecule has 170 valence electrons. The Hall–Kier alpha value is -2.63. The van der Waals surface area contributed by atoms with Gasteiger partial charge in [-0.1, -0.05) is 52.2 Å². The Kier molecular flexibility index (Phi) is 4.95. The smallest absolute Gasteiger partial charge is 0.236 e. The molecule has 1 aromatic carbocycles. The number of nitrogens with zero attached hydrogens (tertiary/aromatic N) is 2. The number of hydrogen-bond acceptors (Lipinski definition) is 5. The van der Waals surface area contributed by atoms with Crippen LogP contribution in [0.1, 0.15) is 58.4 Å². The summed E-state index contributed by atoms with van der Waals surface area (Å²) in [4.78, 5) is 44.8. The van der Waals surface area contributed by atoms with E-state index in [2.05, 4.69) is 0 Å². The zero-order chi connectivity index (χ0) is 22.8. The predicted octanol–water partition coefficient (Wildman–Crippen LogP) is 3.83. The SMILES string of the molecule is COc1ccc2c(c1)C=CC1C3C(=O)N(C4CCCCC4)C(=O)C3C(C(=O)C(C)(C)C)N21. The molecular weight excluding hydrogens is 404 g/mol. The molecular formula is C26H32N2O4. The molecule has 4 unspecified atom stereocenters. The maximum atomic E-state index is 13.8. The highest BCUT2D eigenvalue weighted by Gasteiger charge is 2.65. The van der Waals surface area contributed by atoms with Crippen molar-refractivity contribution in [1.82, 2.24) is 4.90 Å². The van der Waals surface area contributed by atoms with Crippen LogP contribution in [-0.4, -0.2) is 47.7 Å². The van der Waals surface area contributed by atoms with E-state index < -0.39 is 23.3 Å². The first-order valence-corrected chi connectivity index (χ1v) is 11.8. The predicted molar refractivity (Wildman–Crippen MR) is 122 cm³/mol. The summed E-state index contributed by atoms with van der Waals surface area (Å²) < 4.78 is 5.38. The number of anilines is 1. The molecule has 1 aromatic rings. The maximum Gasteiger partial charge on any atom is 0.236 e.